The second-order valence-corrected chi connectivity index (χ2v) is 4.39. The van der Waals surface area contributed by atoms with E-state index in [4.69, 9.17) is 4.74 Å². The molecule has 3 unspecified atom stereocenters. The van der Waals surface area contributed by atoms with Gasteiger partial charge < -0.3 is 15.2 Å². The standard InChI is InChI=1S/C10H21NO2/c1-8(9(2)12)11-10(3)5-4-6-13-7-10/h8-9,11-12H,4-7H2,1-3H3. The van der Waals surface area contributed by atoms with E-state index in [-0.39, 0.29) is 17.7 Å². The summed E-state index contributed by atoms with van der Waals surface area (Å²) in [7, 11) is 0. The summed E-state index contributed by atoms with van der Waals surface area (Å²) in [4.78, 5) is 0. The van der Waals surface area contributed by atoms with Crippen molar-refractivity contribution in [2.24, 2.45) is 0 Å². The van der Waals surface area contributed by atoms with Crippen LogP contribution < -0.4 is 5.32 Å². The van der Waals surface area contributed by atoms with E-state index in [0.29, 0.717) is 0 Å². The molecular formula is C10H21NO2. The van der Waals surface area contributed by atoms with Gasteiger partial charge in [-0.05, 0) is 33.6 Å². The highest BCUT2D eigenvalue weighted by molar-refractivity contribution is 4.88. The van der Waals surface area contributed by atoms with Gasteiger partial charge in [0.2, 0.25) is 0 Å². The Bertz CT molecular complexity index is 153. The van der Waals surface area contributed by atoms with Crippen molar-refractivity contribution in [3.63, 3.8) is 0 Å². The van der Waals surface area contributed by atoms with Crippen LogP contribution in [0.15, 0.2) is 0 Å². The van der Waals surface area contributed by atoms with Crippen LogP contribution in [-0.4, -0.2) is 36.0 Å². The Hall–Kier alpha value is -0.120. The van der Waals surface area contributed by atoms with E-state index < -0.39 is 0 Å². The van der Waals surface area contributed by atoms with Gasteiger partial charge in [0, 0.05) is 18.2 Å². The fraction of sp³-hybridized carbons (Fsp3) is 1.00. The van der Waals surface area contributed by atoms with Crippen molar-refractivity contribution in [3.8, 4) is 0 Å². The quantitative estimate of drug-likeness (QED) is 0.690. The van der Waals surface area contributed by atoms with Crippen molar-refractivity contribution < 1.29 is 9.84 Å². The van der Waals surface area contributed by atoms with Crippen molar-refractivity contribution in [2.75, 3.05) is 13.2 Å². The third-order valence-corrected chi connectivity index (χ3v) is 2.74. The van der Waals surface area contributed by atoms with E-state index in [2.05, 4.69) is 12.2 Å². The van der Waals surface area contributed by atoms with Gasteiger partial charge in [-0.25, -0.2) is 0 Å². The van der Waals surface area contributed by atoms with E-state index in [1.165, 1.54) is 0 Å². The second kappa shape index (κ2) is 4.40. The van der Waals surface area contributed by atoms with E-state index in [0.717, 1.165) is 26.1 Å². The summed E-state index contributed by atoms with van der Waals surface area (Å²) in [5.74, 6) is 0. The van der Waals surface area contributed by atoms with Gasteiger partial charge in [-0.1, -0.05) is 0 Å². The molecule has 0 radical (unpaired) electrons. The predicted octanol–water partition coefficient (Wildman–Crippen LogP) is 0.914. The lowest BCUT2D eigenvalue weighted by atomic mass is 9.93. The summed E-state index contributed by atoms with van der Waals surface area (Å²) in [6.07, 6.45) is 1.93. The van der Waals surface area contributed by atoms with Gasteiger partial charge in [-0.3, -0.25) is 0 Å². The maximum Gasteiger partial charge on any atom is 0.0662 e. The van der Waals surface area contributed by atoms with Crippen molar-refractivity contribution in [1.29, 1.82) is 0 Å². The Morgan fingerprint density at radius 2 is 2.15 bits per heavy atom. The number of aliphatic hydroxyl groups excluding tert-OH is 1. The molecule has 0 saturated carbocycles. The molecule has 3 atom stereocenters. The molecule has 0 aromatic rings. The van der Waals surface area contributed by atoms with E-state index in [9.17, 15) is 5.11 Å². The lowest BCUT2D eigenvalue weighted by Gasteiger charge is -2.37. The zero-order valence-electron chi connectivity index (χ0n) is 8.84. The van der Waals surface area contributed by atoms with Crippen molar-refractivity contribution in [2.45, 2.75) is 51.3 Å². The molecule has 1 heterocycles. The van der Waals surface area contributed by atoms with Gasteiger partial charge >= 0.3 is 0 Å². The Morgan fingerprint density at radius 1 is 1.46 bits per heavy atom. The predicted molar refractivity (Wildman–Crippen MR) is 52.7 cm³/mol. The average molecular weight is 187 g/mol. The molecule has 13 heavy (non-hydrogen) atoms. The number of nitrogens with one attached hydrogen (secondary N) is 1. The van der Waals surface area contributed by atoms with Crippen LogP contribution in [0.1, 0.15) is 33.6 Å². The van der Waals surface area contributed by atoms with E-state index >= 15 is 0 Å². The highest BCUT2D eigenvalue weighted by Gasteiger charge is 2.29. The van der Waals surface area contributed by atoms with Crippen LogP contribution in [0.4, 0.5) is 0 Å². The van der Waals surface area contributed by atoms with Gasteiger partial charge in [-0.15, -0.1) is 0 Å². The topological polar surface area (TPSA) is 41.5 Å². The fourth-order valence-corrected chi connectivity index (χ4v) is 1.72. The van der Waals surface area contributed by atoms with Gasteiger partial charge in [0.05, 0.1) is 12.7 Å². The molecule has 0 amide bonds. The normalized spacial score (nSPS) is 34.2. The summed E-state index contributed by atoms with van der Waals surface area (Å²) in [5.41, 5.74) is 0.0503. The number of ether oxygens (including phenoxy) is 1. The van der Waals surface area contributed by atoms with Crippen molar-refractivity contribution in [1.82, 2.24) is 5.32 Å². The van der Waals surface area contributed by atoms with E-state index in [1.54, 1.807) is 0 Å². The summed E-state index contributed by atoms with van der Waals surface area (Å²) in [6.45, 7) is 7.60. The highest BCUT2D eigenvalue weighted by Crippen LogP contribution is 2.19. The molecule has 3 nitrogen and oxygen atoms in total. The summed E-state index contributed by atoms with van der Waals surface area (Å²) < 4.78 is 5.42. The first-order valence-corrected chi connectivity index (χ1v) is 5.07. The summed E-state index contributed by atoms with van der Waals surface area (Å²) >= 11 is 0. The van der Waals surface area contributed by atoms with Gasteiger partial charge in [0.1, 0.15) is 0 Å². The fourth-order valence-electron chi connectivity index (χ4n) is 1.72. The van der Waals surface area contributed by atoms with Crippen LogP contribution in [0.2, 0.25) is 0 Å². The number of hydrogen-bond acceptors (Lipinski definition) is 3. The molecule has 0 aliphatic carbocycles. The molecule has 3 heteroatoms. The first-order valence-electron chi connectivity index (χ1n) is 5.07. The molecule has 0 aromatic heterocycles. The Kier molecular flexibility index (Phi) is 3.71. The van der Waals surface area contributed by atoms with Crippen LogP contribution in [0.3, 0.4) is 0 Å². The zero-order chi connectivity index (χ0) is 9.90. The maximum absolute atomic E-state index is 9.36. The van der Waals surface area contributed by atoms with Crippen molar-refractivity contribution >= 4 is 0 Å². The molecule has 1 saturated heterocycles. The minimum atomic E-state index is -0.307. The molecule has 78 valence electrons. The molecule has 0 aromatic carbocycles. The average Bonchev–Trinajstić information content (AvgIpc) is 2.04. The summed E-state index contributed by atoms with van der Waals surface area (Å²) in [6, 6.07) is 0.131. The largest absolute Gasteiger partial charge is 0.392 e. The second-order valence-electron chi connectivity index (χ2n) is 4.39. The third-order valence-electron chi connectivity index (χ3n) is 2.74. The monoisotopic (exact) mass is 187 g/mol. The van der Waals surface area contributed by atoms with Crippen molar-refractivity contribution in [3.05, 3.63) is 0 Å². The van der Waals surface area contributed by atoms with E-state index in [1.807, 2.05) is 13.8 Å². The molecule has 0 spiro atoms. The summed E-state index contributed by atoms with van der Waals surface area (Å²) in [5, 5.41) is 12.8. The Balaban J connectivity index is 2.40. The molecule has 1 rings (SSSR count). The van der Waals surface area contributed by atoms with Crippen LogP contribution in [0.25, 0.3) is 0 Å². The first kappa shape index (κ1) is 11.0. The smallest absolute Gasteiger partial charge is 0.0662 e. The van der Waals surface area contributed by atoms with Crippen LogP contribution in [0, 0.1) is 0 Å². The zero-order valence-corrected chi connectivity index (χ0v) is 8.84. The molecule has 1 aliphatic rings. The molecular weight excluding hydrogens is 166 g/mol. The van der Waals surface area contributed by atoms with Crippen LogP contribution >= 0.6 is 0 Å². The lowest BCUT2D eigenvalue weighted by Crippen LogP contribution is -2.55. The van der Waals surface area contributed by atoms with Gasteiger partial charge in [-0.2, -0.15) is 0 Å². The van der Waals surface area contributed by atoms with Crippen LogP contribution in [0.5, 0.6) is 0 Å². The molecule has 0 bridgehead atoms. The van der Waals surface area contributed by atoms with Crippen LogP contribution in [-0.2, 0) is 4.74 Å². The third kappa shape index (κ3) is 3.25. The van der Waals surface area contributed by atoms with Gasteiger partial charge in [0.25, 0.3) is 0 Å². The Morgan fingerprint density at radius 3 is 2.62 bits per heavy atom. The first-order chi connectivity index (χ1) is 6.03. The van der Waals surface area contributed by atoms with Gasteiger partial charge in [0.15, 0.2) is 0 Å². The highest BCUT2D eigenvalue weighted by atomic mass is 16.5. The SMILES string of the molecule is CC(O)C(C)NC1(C)CCCOC1. The minimum Gasteiger partial charge on any atom is -0.392 e. The molecule has 1 aliphatic heterocycles. The number of aliphatic hydroxyl groups is 1. The number of hydrogen-bond donors (Lipinski definition) is 2. The molecule has 1 fully saturated rings. The minimum absolute atomic E-state index is 0.0503. The number of rotatable bonds is 3. The Labute approximate surface area is 80.5 Å². The molecule has 2 N–H and O–H groups in total. The lowest BCUT2D eigenvalue weighted by molar-refractivity contribution is 0.0137. The maximum atomic E-state index is 9.36.